The van der Waals surface area contributed by atoms with Gasteiger partial charge in [-0.25, -0.2) is 4.39 Å². The number of aliphatic hydroxyl groups is 1. The lowest BCUT2D eigenvalue weighted by Crippen LogP contribution is -2.16. The van der Waals surface area contributed by atoms with Crippen LogP contribution in [-0.4, -0.2) is 11.7 Å². The molecule has 2 nitrogen and oxygen atoms in total. The Morgan fingerprint density at radius 2 is 2.23 bits per heavy atom. The topological polar surface area (TPSA) is 46.2 Å². The van der Waals surface area contributed by atoms with Crippen LogP contribution < -0.4 is 5.73 Å². The van der Waals surface area contributed by atoms with Crippen molar-refractivity contribution in [2.24, 2.45) is 5.73 Å². The predicted octanol–water partition coefficient (Wildman–Crippen LogP) is 2.23. The molecule has 0 fully saturated rings. The Kier molecular flexibility index (Phi) is 3.67. The van der Waals surface area contributed by atoms with E-state index in [-0.39, 0.29) is 16.6 Å². The fraction of sp³-hybridized carbons (Fsp3) is 0.250. The normalized spacial score (nSPS) is 13.0. The summed E-state index contributed by atoms with van der Waals surface area (Å²) < 4.78 is 13.6. The molecule has 1 aromatic carbocycles. The Morgan fingerprint density at radius 1 is 1.62 bits per heavy atom. The molecule has 0 aliphatic rings. The molecule has 0 heterocycles. The van der Waals surface area contributed by atoms with Gasteiger partial charge in [0.15, 0.2) is 0 Å². The maximum Gasteiger partial charge on any atom is 0.142 e. The van der Waals surface area contributed by atoms with Crippen LogP contribution in [0.15, 0.2) is 16.6 Å². The lowest BCUT2D eigenvalue weighted by atomic mass is 10.1. The SMILES string of the molecule is N[C@H](CO)c1cc(Cl)cc(Br)c1F. The highest BCUT2D eigenvalue weighted by Gasteiger charge is 2.14. The van der Waals surface area contributed by atoms with Gasteiger partial charge in [0.2, 0.25) is 0 Å². The number of halogens is 3. The first-order chi connectivity index (χ1) is 6.06. The lowest BCUT2D eigenvalue weighted by molar-refractivity contribution is 0.265. The van der Waals surface area contributed by atoms with Gasteiger partial charge in [0.05, 0.1) is 17.1 Å². The molecule has 0 amide bonds. The maximum absolute atomic E-state index is 13.3. The van der Waals surface area contributed by atoms with E-state index in [0.717, 1.165) is 0 Å². The lowest BCUT2D eigenvalue weighted by Gasteiger charge is -2.11. The largest absolute Gasteiger partial charge is 0.394 e. The molecule has 1 aromatic rings. The highest BCUT2D eigenvalue weighted by atomic mass is 79.9. The summed E-state index contributed by atoms with van der Waals surface area (Å²) in [5, 5.41) is 9.13. The predicted molar refractivity (Wildman–Crippen MR) is 53.1 cm³/mol. The van der Waals surface area contributed by atoms with E-state index in [2.05, 4.69) is 15.9 Å². The molecule has 1 atom stereocenters. The highest BCUT2D eigenvalue weighted by molar-refractivity contribution is 9.10. The highest BCUT2D eigenvalue weighted by Crippen LogP contribution is 2.27. The number of aliphatic hydroxyl groups excluding tert-OH is 1. The van der Waals surface area contributed by atoms with Gasteiger partial charge in [0.1, 0.15) is 5.82 Å². The van der Waals surface area contributed by atoms with Crippen LogP contribution in [-0.2, 0) is 0 Å². The molecule has 0 bridgehead atoms. The van der Waals surface area contributed by atoms with E-state index in [9.17, 15) is 4.39 Å². The second-order valence-corrected chi connectivity index (χ2v) is 3.87. The van der Waals surface area contributed by atoms with E-state index in [0.29, 0.717) is 5.02 Å². The van der Waals surface area contributed by atoms with Crippen LogP contribution >= 0.6 is 27.5 Å². The van der Waals surface area contributed by atoms with E-state index in [1.54, 1.807) is 0 Å². The zero-order valence-electron chi connectivity index (χ0n) is 6.60. The van der Waals surface area contributed by atoms with E-state index >= 15 is 0 Å². The van der Waals surface area contributed by atoms with Crippen molar-refractivity contribution in [1.29, 1.82) is 0 Å². The fourth-order valence-electron chi connectivity index (χ4n) is 0.944. The number of hydrogen-bond acceptors (Lipinski definition) is 2. The van der Waals surface area contributed by atoms with Crippen molar-refractivity contribution in [3.05, 3.63) is 33.0 Å². The van der Waals surface area contributed by atoms with Crippen LogP contribution in [0.3, 0.4) is 0 Å². The van der Waals surface area contributed by atoms with Gasteiger partial charge in [-0.1, -0.05) is 11.6 Å². The summed E-state index contributed by atoms with van der Waals surface area (Å²) in [5.74, 6) is -0.481. The van der Waals surface area contributed by atoms with E-state index in [4.69, 9.17) is 22.4 Å². The first-order valence-corrected chi connectivity index (χ1v) is 4.74. The zero-order valence-corrected chi connectivity index (χ0v) is 8.94. The Hall–Kier alpha value is -0.160. The van der Waals surface area contributed by atoms with Crippen molar-refractivity contribution in [3.8, 4) is 0 Å². The molecular weight excluding hydrogens is 260 g/mol. The molecule has 72 valence electrons. The van der Waals surface area contributed by atoms with Gasteiger partial charge in [-0.2, -0.15) is 0 Å². The molecule has 0 saturated carbocycles. The quantitative estimate of drug-likeness (QED) is 0.808. The maximum atomic E-state index is 13.3. The summed E-state index contributed by atoms with van der Waals surface area (Å²) in [6.45, 7) is -0.316. The molecule has 0 spiro atoms. The molecule has 0 aliphatic heterocycles. The van der Waals surface area contributed by atoms with Crippen LogP contribution in [0.2, 0.25) is 5.02 Å². The van der Waals surface area contributed by atoms with E-state index < -0.39 is 11.9 Å². The van der Waals surface area contributed by atoms with Crippen molar-refractivity contribution in [1.82, 2.24) is 0 Å². The zero-order chi connectivity index (χ0) is 10.0. The van der Waals surface area contributed by atoms with E-state index in [1.807, 2.05) is 0 Å². The third-order valence-corrected chi connectivity index (χ3v) is 2.41. The molecule has 0 radical (unpaired) electrons. The van der Waals surface area contributed by atoms with Crippen LogP contribution in [0.25, 0.3) is 0 Å². The minimum atomic E-state index is -0.741. The first-order valence-electron chi connectivity index (χ1n) is 3.57. The van der Waals surface area contributed by atoms with Crippen molar-refractivity contribution in [2.45, 2.75) is 6.04 Å². The van der Waals surface area contributed by atoms with Crippen molar-refractivity contribution in [2.75, 3.05) is 6.61 Å². The van der Waals surface area contributed by atoms with Crippen molar-refractivity contribution in [3.63, 3.8) is 0 Å². The molecule has 0 aliphatic carbocycles. The molecular formula is C8H8BrClFNO. The number of nitrogens with two attached hydrogens (primary N) is 1. The average Bonchev–Trinajstić information content (AvgIpc) is 2.10. The molecule has 0 saturated heterocycles. The van der Waals surface area contributed by atoms with Gasteiger partial charge in [0, 0.05) is 10.6 Å². The summed E-state index contributed by atoms with van der Waals surface area (Å²) in [6, 6.07) is 2.10. The van der Waals surface area contributed by atoms with Crippen LogP contribution in [0.5, 0.6) is 0 Å². The molecule has 5 heteroatoms. The van der Waals surface area contributed by atoms with Crippen molar-refractivity contribution >= 4 is 27.5 Å². The first kappa shape index (κ1) is 10.9. The van der Waals surface area contributed by atoms with Gasteiger partial charge < -0.3 is 10.8 Å². The Bertz CT molecular complexity index is 321. The minimum absolute atomic E-state index is 0.210. The average molecular weight is 269 g/mol. The summed E-state index contributed by atoms with van der Waals surface area (Å²) >= 11 is 8.69. The van der Waals surface area contributed by atoms with Gasteiger partial charge in [-0.3, -0.25) is 0 Å². The smallest absolute Gasteiger partial charge is 0.142 e. The third-order valence-electron chi connectivity index (χ3n) is 1.62. The molecule has 3 N–H and O–H groups in total. The second kappa shape index (κ2) is 4.37. The molecule has 0 unspecified atom stereocenters. The molecule has 13 heavy (non-hydrogen) atoms. The van der Waals surface area contributed by atoms with Crippen molar-refractivity contribution < 1.29 is 9.50 Å². The van der Waals surface area contributed by atoms with Gasteiger partial charge in [-0.15, -0.1) is 0 Å². The summed E-state index contributed by atoms with van der Waals surface area (Å²) in [6.07, 6.45) is 0. The molecule has 0 aromatic heterocycles. The number of rotatable bonds is 2. The van der Waals surface area contributed by atoms with Crippen LogP contribution in [0, 0.1) is 5.82 Å². The minimum Gasteiger partial charge on any atom is -0.394 e. The number of benzene rings is 1. The third kappa shape index (κ3) is 2.40. The second-order valence-electron chi connectivity index (χ2n) is 2.58. The Morgan fingerprint density at radius 3 is 2.77 bits per heavy atom. The molecule has 1 rings (SSSR count). The van der Waals surface area contributed by atoms with E-state index in [1.165, 1.54) is 12.1 Å². The fourth-order valence-corrected chi connectivity index (χ4v) is 1.78. The standard InChI is InChI=1S/C8H8BrClFNO/c9-6-2-4(10)1-5(8(6)11)7(12)3-13/h1-2,7,13H,3,12H2/t7-/m1/s1. The van der Waals surface area contributed by atoms with Gasteiger partial charge >= 0.3 is 0 Å². The number of hydrogen-bond donors (Lipinski definition) is 2. The van der Waals surface area contributed by atoms with Gasteiger partial charge in [-0.05, 0) is 28.1 Å². The monoisotopic (exact) mass is 267 g/mol. The Labute approximate surface area is 88.6 Å². The van der Waals surface area contributed by atoms with Crippen LogP contribution in [0.4, 0.5) is 4.39 Å². The van der Waals surface area contributed by atoms with Crippen LogP contribution in [0.1, 0.15) is 11.6 Å². The van der Waals surface area contributed by atoms with Gasteiger partial charge in [0.25, 0.3) is 0 Å². The summed E-state index contributed by atoms with van der Waals surface area (Å²) in [5.41, 5.74) is 5.67. The summed E-state index contributed by atoms with van der Waals surface area (Å²) in [4.78, 5) is 0. The Balaban J connectivity index is 3.20. The summed E-state index contributed by atoms with van der Waals surface area (Å²) in [7, 11) is 0.